The molecule has 0 saturated heterocycles. The summed E-state index contributed by atoms with van der Waals surface area (Å²) in [5.41, 5.74) is -1.12. The van der Waals surface area contributed by atoms with Crippen molar-refractivity contribution in [2.75, 3.05) is 19.9 Å². The third-order valence-electron chi connectivity index (χ3n) is 2.90. The van der Waals surface area contributed by atoms with Crippen molar-refractivity contribution in [2.45, 2.75) is 23.5 Å². The second-order valence-electron chi connectivity index (χ2n) is 4.31. The van der Waals surface area contributed by atoms with Crippen molar-refractivity contribution < 1.29 is 22.7 Å². The van der Waals surface area contributed by atoms with E-state index >= 15 is 0 Å². The number of alkyl halides is 3. The van der Waals surface area contributed by atoms with Gasteiger partial charge in [-0.25, -0.2) is 4.79 Å². The molecule has 0 saturated carbocycles. The van der Waals surface area contributed by atoms with Gasteiger partial charge in [-0.3, -0.25) is 5.32 Å². The molecule has 0 radical (unpaired) electrons. The van der Waals surface area contributed by atoms with Gasteiger partial charge in [0.1, 0.15) is 5.54 Å². The predicted octanol–water partition coefficient (Wildman–Crippen LogP) is 2.95. The number of ether oxygens (including phenoxy) is 1. The second-order valence-corrected chi connectivity index (χ2v) is 5.19. The Labute approximate surface area is 119 Å². The molecule has 0 aliphatic carbocycles. The summed E-state index contributed by atoms with van der Waals surface area (Å²) in [5, 5.41) is 2.23. The first-order valence-corrected chi connectivity index (χ1v) is 7.00. The maximum absolute atomic E-state index is 12.4. The van der Waals surface area contributed by atoms with Gasteiger partial charge in [-0.1, -0.05) is 12.1 Å². The fourth-order valence-corrected chi connectivity index (χ4v) is 2.11. The molecular weight excluding hydrogens is 291 g/mol. The molecule has 0 spiro atoms. The molecule has 1 aromatic carbocycles. The van der Waals surface area contributed by atoms with Gasteiger partial charge in [0, 0.05) is 4.90 Å². The molecule has 0 heterocycles. The Kier molecular flexibility index (Phi) is 5.47. The Bertz CT molecular complexity index is 462. The Balaban J connectivity index is 3.06. The predicted molar refractivity (Wildman–Crippen MR) is 71.6 cm³/mol. The molecule has 3 nitrogen and oxygen atoms in total. The maximum atomic E-state index is 12.4. The van der Waals surface area contributed by atoms with Crippen LogP contribution in [0.4, 0.5) is 13.2 Å². The SMILES string of the molecule is COC(=O)C(C)(NCC(F)(F)F)c1ccc(SC)cc1. The van der Waals surface area contributed by atoms with E-state index in [2.05, 4.69) is 10.1 Å². The van der Waals surface area contributed by atoms with Crippen molar-refractivity contribution in [3.8, 4) is 0 Å². The summed E-state index contributed by atoms with van der Waals surface area (Å²) in [6.07, 6.45) is -2.52. The molecule has 0 aromatic heterocycles. The van der Waals surface area contributed by atoms with Gasteiger partial charge in [-0.15, -0.1) is 11.8 Å². The molecule has 0 amide bonds. The van der Waals surface area contributed by atoms with Gasteiger partial charge in [0.05, 0.1) is 13.7 Å². The number of carbonyl (C=O) groups excluding carboxylic acids is 1. The summed E-state index contributed by atoms with van der Waals surface area (Å²) in [6, 6.07) is 6.73. The van der Waals surface area contributed by atoms with Gasteiger partial charge in [0.15, 0.2) is 0 Å². The number of hydrogen-bond acceptors (Lipinski definition) is 4. The zero-order valence-corrected chi connectivity index (χ0v) is 12.2. The number of methoxy groups -OCH3 is 1. The van der Waals surface area contributed by atoms with Crippen LogP contribution in [0.3, 0.4) is 0 Å². The van der Waals surface area contributed by atoms with Gasteiger partial charge in [-0.2, -0.15) is 13.2 Å². The second kappa shape index (κ2) is 6.49. The van der Waals surface area contributed by atoms with Crippen molar-refractivity contribution in [2.24, 2.45) is 0 Å². The zero-order valence-electron chi connectivity index (χ0n) is 11.4. The highest BCUT2D eigenvalue weighted by molar-refractivity contribution is 7.98. The molecule has 0 fully saturated rings. The maximum Gasteiger partial charge on any atom is 0.401 e. The van der Waals surface area contributed by atoms with Crippen LogP contribution in [0.25, 0.3) is 0 Å². The Morgan fingerprint density at radius 2 is 1.85 bits per heavy atom. The molecule has 1 aromatic rings. The summed E-state index contributed by atoms with van der Waals surface area (Å²) in [6.45, 7) is 0.0988. The smallest absolute Gasteiger partial charge is 0.401 e. The Morgan fingerprint density at radius 3 is 2.25 bits per heavy atom. The van der Waals surface area contributed by atoms with Crippen LogP contribution in [0, 0.1) is 0 Å². The summed E-state index contributed by atoms with van der Waals surface area (Å²) >= 11 is 1.50. The Morgan fingerprint density at radius 1 is 1.30 bits per heavy atom. The summed E-state index contributed by atoms with van der Waals surface area (Å²) < 4.78 is 41.7. The molecule has 0 aliphatic rings. The third kappa shape index (κ3) is 4.14. The standard InChI is InChI=1S/C13H16F3NO2S/c1-12(11(18)19-2,17-8-13(14,15)16)9-4-6-10(20-3)7-5-9/h4-7,17H,8H2,1-3H3. The molecule has 7 heteroatoms. The highest BCUT2D eigenvalue weighted by Gasteiger charge is 2.40. The minimum Gasteiger partial charge on any atom is -0.467 e. The molecule has 1 N–H and O–H groups in total. The number of halogens is 3. The molecule has 0 bridgehead atoms. The fourth-order valence-electron chi connectivity index (χ4n) is 1.70. The quantitative estimate of drug-likeness (QED) is 0.670. The van der Waals surface area contributed by atoms with Crippen molar-refractivity contribution in [1.82, 2.24) is 5.32 Å². The molecule has 112 valence electrons. The lowest BCUT2D eigenvalue weighted by molar-refractivity contribution is -0.153. The molecule has 1 rings (SSSR count). The zero-order chi connectivity index (χ0) is 15.4. The number of hydrogen-bond donors (Lipinski definition) is 1. The van der Waals surface area contributed by atoms with E-state index in [1.807, 2.05) is 6.26 Å². The van der Waals surface area contributed by atoms with Crippen LogP contribution in [0.5, 0.6) is 0 Å². The minimum absolute atomic E-state index is 0.423. The summed E-state index contributed by atoms with van der Waals surface area (Å²) in [7, 11) is 1.14. The van der Waals surface area contributed by atoms with E-state index in [9.17, 15) is 18.0 Å². The highest BCUT2D eigenvalue weighted by atomic mass is 32.2. The molecule has 1 atom stereocenters. The topological polar surface area (TPSA) is 38.3 Å². The first-order valence-electron chi connectivity index (χ1n) is 5.77. The van der Waals surface area contributed by atoms with E-state index in [0.717, 1.165) is 12.0 Å². The summed E-state index contributed by atoms with van der Waals surface area (Å²) in [4.78, 5) is 12.8. The largest absolute Gasteiger partial charge is 0.467 e. The van der Waals surface area contributed by atoms with Crippen LogP contribution in [-0.2, 0) is 15.1 Å². The molecule has 1 unspecified atom stereocenters. The number of nitrogens with one attached hydrogen (secondary N) is 1. The lowest BCUT2D eigenvalue weighted by Crippen LogP contribution is -2.50. The lowest BCUT2D eigenvalue weighted by atomic mass is 9.92. The van der Waals surface area contributed by atoms with Gasteiger partial charge >= 0.3 is 12.1 Å². The van der Waals surface area contributed by atoms with Crippen molar-refractivity contribution >= 4 is 17.7 Å². The van der Waals surface area contributed by atoms with Gasteiger partial charge in [0.2, 0.25) is 0 Å². The van der Waals surface area contributed by atoms with Crippen molar-refractivity contribution in [3.63, 3.8) is 0 Å². The average Bonchev–Trinajstić information content (AvgIpc) is 2.43. The van der Waals surface area contributed by atoms with Gasteiger partial charge in [0.25, 0.3) is 0 Å². The van der Waals surface area contributed by atoms with E-state index in [4.69, 9.17) is 0 Å². The van der Waals surface area contributed by atoms with Crippen molar-refractivity contribution in [3.05, 3.63) is 29.8 Å². The van der Waals surface area contributed by atoms with E-state index in [-0.39, 0.29) is 0 Å². The first kappa shape index (κ1) is 16.8. The van der Waals surface area contributed by atoms with E-state index in [1.165, 1.54) is 18.7 Å². The Hall–Kier alpha value is -1.21. The number of thioether (sulfide) groups is 1. The van der Waals surface area contributed by atoms with Crippen LogP contribution < -0.4 is 5.32 Å². The number of rotatable bonds is 5. The number of carbonyl (C=O) groups is 1. The van der Waals surface area contributed by atoms with Gasteiger partial charge < -0.3 is 4.74 Å². The van der Waals surface area contributed by atoms with Crippen LogP contribution in [-0.4, -0.2) is 32.1 Å². The first-order chi connectivity index (χ1) is 9.23. The highest BCUT2D eigenvalue weighted by Crippen LogP contribution is 2.26. The summed E-state index contributed by atoms with van der Waals surface area (Å²) in [5.74, 6) is -0.765. The van der Waals surface area contributed by atoms with Crippen LogP contribution in [0.2, 0.25) is 0 Å². The van der Waals surface area contributed by atoms with E-state index in [1.54, 1.807) is 24.3 Å². The van der Waals surface area contributed by atoms with Gasteiger partial charge in [-0.05, 0) is 30.9 Å². The molecule has 0 aliphatic heterocycles. The average molecular weight is 307 g/mol. The lowest BCUT2D eigenvalue weighted by Gasteiger charge is -2.29. The fraction of sp³-hybridized carbons (Fsp3) is 0.462. The van der Waals surface area contributed by atoms with Crippen LogP contribution in [0.15, 0.2) is 29.2 Å². The molecule has 20 heavy (non-hydrogen) atoms. The van der Waals surface area contributed by atoms with Crippen molar-refractivity contribution in [1.29, 1.82) is 0 Å². The molecular formula is C13H16F3NO2S. The van der Waals surface area contributed by atoms with E-state index < -0.39 is 24.2 Å². The van der Waals surface area contributed by atoms with Crippen LogP contribution >= 0.6 is 11.8 Å². The number of benzene rings is 1. The monoisotopic (exact) mass is 307 g/mol. The normalized spacial score (nSPS) is 14.7. The van der Waals surface area contributed by atoms with E-state index in [0.29, 0.717) is 5.56 Å². The van der Waals surface area contributed by atoms with Crippen LogP contribution in [0.1, 0.15) is 12.5 Å². The minimum atomic E-state index is -4.41. The third-order valence-corrected chi connectivity index (χ3v) is 3.65. The number of esters is 1.